The van der Waals surface area contributed by atoms with Crippen LogP contribution in [0.4, 0.5) is 8.78 Å². The molecule has 0 amide bonds. The molecule has 0 fully saturated rings. The minimum absolute atomic E-state index is 0.109. The third kappa shape index (κ3) is 2.12. The third-order valence-electron chi connectivity index (χ3n) is 1.36. The molecule has 2 nitrogen and oxygen atoms in total. The molecule has 0 spiro atoms. The Hall–Kier alpha value is -0.740. The molecule has 0 bridgehead atoms. The molecule has 1 atom stereocenters. The van der Waals surface area contributed by atoms with Crippen LogP contribution < -0.4 is 5.73 Å². The molecule has 66 valence electrons. The highest BCUT2D eigenvalue weighted by Crippen LogP contribution is 2.18. The Bertz CT molecular complexity index is 267. The molecular formula is C7H7ClF2N2. The normalized spacial score (nSPS) is 13.4. The molecule has 1 aromatic heterocycles. The van der Waals surface area contributed by atoms with Gasteiger partial charge in [0.1, 0.15) is 6.04 Å². The molecule has 0 aliphatic heterocycles. The van der Waals surface area contributed by atoms with Gasteiger partial charge in [0.15, 0.2) is 0 Å². The smallest absolute Gasteiger partial charge is 0.259 e. The van der Waals surface area contributed by atoms with E-state index in [1.165, 1.54) is 18.3 Å². The van der Waals surface area contributed by atoms with Crippen LogP contribution in [0.3, 0.4) is 0 Å². The Morgan fingerprint density at radius 2 is 2.17 bits per heavy atom. The first-order chi connectivity index (χ1) is 5.61. The van der Waals surface area contributed by atoms with Crippen molar-refractivity contribution in [2.24, 2.45) is 5.73 Å². The zero-order chi connectivity index (χ0) is 9.14. The van der Waals surface area contributed by atoms with E-state index >= 15 is 0 Å². The zero-order valence-electron chi connectivity index (χ0n) is 6.05. The lowest BCUT2D eigenvalue weighted by atomic mass is 10.2. The summed E-state index contributed by atoms with van der Waals surface area (Å²) in [6.07, 6.45) is -1.27. The van der Waals surface area contributed by atoms with Crippen molar-refractivity contribution in [2.45, 2.75) is 12.5 Å². The molecule has 1 unspecified atom stereocenters. The molecule has 2 N–H and O–H groups in total. The van der Waals surface area contributed by atoms with Gasteiger partial charge < -0.3 is 5.73 Å². The minimum atomic E-state index is -2.61. The number of alkyl halides is 2. The van der Waals surface area contributed by atoms with Crippen LogP contribution in [0.15, 0.2) is 18.3 Å². The summed E-state index contributed by atoms with van der Waals surface area (Å²) in [7, 11) is 0. The Morgan fingerprint density at radius 3 is 2.67 bits per heavy atom. The monoisotopic (exact) mass is 192 g/mol. The minimum Gasteiger partial charge on any atom is -0.318 e. The van der Waals surface area contributed by atoms with E-state index in [9.17, 15) is 8.78 Å². The molecule has 0 aromatic carbocycles. The Morgan fingerprint density at radius 1 is 1.50 bits per heavy atom. The number of pyridine rings is 1. The predicted molar refractivity (Wildman–Crippen MR) is 42.2 cm³/mol. The van der Waals surface area contributed by atoms with Crippen molar-refractivity contribution < 1.29 is 8.78 Å². The summed E-state index contributed by atoms with van der Waals surface area (Å²) < 4.78 is 24.1. The van der Waals surface area contributed by atoms with Crippen LogP contribution in [-0.2, 0) is 0 Å². The number of hydrogen-bond acceptors (Lipinski definition) is 2. The van der Waals surface area contributed by atoms with Gasteiger partial charge in [0.05, 0.1) is 5.69 Å². The first-order valence-electron chi connectivity index (χ1n) is 3.26. The van der Waals surface area contributed by atoms with Gasteiger partial charge in [-0.2, -0.15) is 0 Å². The highest BCUT2D eigenvalue weighted by Gasteiger charge is 2.18. The van der Waals surface area contributed by atoms with Crippen molar-refractivity contribution in [3.05, 3.63) is 29.0 Å². The standard InChI is InChI=1S/C7H7ClF2N2/c8-4-1-2-12-5(3-4)6(11)7(9)10/h1-3,6-7H,11H2. The fourth-order valence-corrected chi connectivity index (χ4v) is 0.901. The van der Waals surface area contributed by atoms with Crippen molar-refractivity contribution in [2.75, 3.05) is 0 Å². The van der Waals surface area contributed by atoms with Crippen LogP contribution in [0, 0.1) is 0 Å². The lowest BCUT2D eigenvalue weighted by Crippen LogP contribution is -2.19. The van der Waals surface area contributed by atoms with E-state index in [1.54, 1.807) is 0 Å². The fraction of sp³-hybridized carbons (Fsp3) is 0.286. The zero-order valence-corrected chi connectivity index (χ0v) is 6.80. The lowest BCUT2D eigenvalue weighted by Gasteiger charge is -2.08. The molecule has 1 rings (SSSR count). The number of hydrogen-bond donors (Lipinski definition) is 1. The summed E-state index contributed by atoms with van der Waals surface area (Å²) in [6.45, 7) is 0. The van der Waals surface area contributed by atoms with Gasteiger partial charge in [-0.15, -0.1) is 0 Å². The van der Waals surface area contributed by atoms with Gasteiger partial charge in [0, 0.05) is 11.2 Å². The lowest BCUT2D eigenvalue weighted by molar-refractivity contribution is 0.114. The van der Waals surface area contributed by atoms with Gasteiger partial charge in [0.2, 0.25) is 0 Å². The first-order valence-corrected chi connectivity index (χ1v) is 3.64. The topological polar surface area (TPSA) is 38.9 Å². The van der Waals surface area contributed by atoms with E-state index in [2.05, 4.69) is 4.98 Å². The second kappa shape index (κ2) is 3.78. The maximum Gasteiger partial charge on any atom is 0.259 e. The molecule has 1 heterocycles. The van der Waals surface area contributed by atoms with E-state index < -0.39 is 12.5 Å². The summed E-state index contributed by atoms with van der Waals surface area (Å²) >= 11 is 5.55. The SMILES string of the molecule is NC(c1cc(Cl)ccn1)C(F)F. The Labute approximate surface area is 73.4 Å². The highest BCUT2D eigenvalue weighted by molar-refractivity contribution is 6.30. The second-order valence-electron chi connectivity index (χ2n) is 2.26. The molecule has 0 aliphatic carbocycles. The van der Waals surface area contributed by atoms with E-state index in [0.717, 1.165) is 0 Å². The number of halogens is 3. The van der Waals surface area contributed by atoms with Gasteiger partial charge in [-0.1, -0.05) is 11.6 Å². The van der Waals surface area contributed by atoms with E-state index in [0.29, 0.717) is 5.02 Å². The molecule has 12 heavy (non-hydrogen) atoms. The predicted octanol–water partition coefficient (Wildman–Crippen LogP) is 2.00. The molecule has 0 saturated heterocycles. The number of nitrogens with zero attached hydrogens (tertiary/aromatic N) is 1. The fourth-order valence-electron chi connectivity index (χ4n) is 0.733. The molecule has 5 heteroatoms. The highest BCUT2D eigenvalue weighted by atomic mass is 35.5. The van der Waals surface area contributed by atoms with Crippen molar-refractivity contribution in [1.82, 2.24) is 4.98 Å². The summed E-state index contributed by atoms with van der Waals surface area (Å²) in [5.74, 6) is 0. The van der Waals surface area contributed by atoms with Crippen molar-refractivity contribution in [3.8, 4) is 0 Å². The molecular weight excluding hydrogens is 186 g/mol. The Balaban J connectivity index is 2.88. The van der Waals surface area contributed by atoms with Gasteiger partial charge in [0.25, 0.3) is 6.43 Å². The second-order valence-corrected chi connectivity index (χ2v) is 2.70. The molecule has 0 saturated carbocycles. The molecule has 1 aromatic rings. The van der Waals surface area contributed by atoms with Crippen molar-refractivity contribution in [1.29, 1.82) is 0 Å². The first kappa shape index (κ1) is 9.35. The maximum absolute atomic E-state index is 12.0. The molecule has 0 radical (unpaired) electrons. The van der Waals surface area contributed by atoms with Crippen LogP contribution in [0.1, 0.15) is 11.7 Å². The van der Waals surface area contributed by atoms with Gasteiger partial charge in [-0.25, -0.2) is 8.78 Å². The third-order valence-corrected chi connectivity index (χ3v) is 1.59. The van der Waals surface area contributed by atoms with Crippen LogP contribution >= 0.6 is 11.6 Å². The Kier molecular flexibility index (Phi) is 2.94. The van der Waals surface area contributed by atoms with E-state index in [-0.39, 0.29) is 5.69 Å². The van der Waals surface area contributed by atoms with Gasteiger partial charge >= 0.3 is 0 Å². The molecule has 0 aliphatic rings. The maximum atomic E-state index is 12.0. The van der Waals surface area contributed by atoms with Crippen LogP contribution in [0.2, 0.25) is 5.02 Å². The summed E-state index contributed by atoms with van der Waals surface area (Å²) in [4.78, 5) is 3.67. The van der Waals surface area contributed by atoms with Crippen LogP contribution in [0.5, 0.6) is 0 Å². The largest absolute Gasteiger partial charge is 0.318 e. The van der Waals surface area contributed by atoms with Gasteiger partial charge in [-0.3, -0.25) is 4.98 Å². The summed E-state index contributed by atoms with van der Waals surface area (Å²) in [6, 6.07) is 1.48. The average molecular weight is 193 g/mol. The van der Waals surface area contributed by atoms with Crippen LogP contribution in [0.25, 0.3) is 0 Å². The number of rotatable bonds is 2. The average Bonchev–Trinajstić information content (AvgIpc) is 2.03. The van der Waals surface area contributed by atoms with E-state index in [1.807, 2.05) is 0 Å². The number of nitrogens with two attached hydrogens (primary N) is 1. The van der Waals surface area contributed by atoms with Crippen LogP contribution in [-0.4, -0.2) is 11.4 Å². The van der Waals surface area contributed by atoms with E-state index in [4.69, 9.17) is 17.3 Å². The van der Waals surface area contributed by atoms with Gasteiger partial charge in [-0.05, 0) is 12.1 Å². The quantitative estimate of drug-likeness (QED) is 0.779. The van der Waals surface area contributed by atoms with Crippen molar-refractivity contribution in [3.63, 3.8) is 0 Å². The summed E-state index contributed by atoms with van der Waals surface area (Å²) in [5, 5.41) is 0.358. The number of aromatic nitrogens is 1. The summed E-state index contributed by atoms with van der Waals surface area (Å²) in [5.41, 5.74) is 5.24. The van der Waals surface area contributed by atoms with Crippen molar-refractivity contribution >= 4 is 11.6 Å².